The van der Waals surface area contributed by atoms with E-state index in [2.05, 4.69) is 17.0 Å². The fraction of sp³-hybridized carbons (Fsp3) is 0.0909. The largest absolute Gasteiger partial charge is 0.363 e. The van der Waals surface area contributed by atoms with Crippen LogP contribution in [0.1, 0.15) is 31.8 Å². The Morgan fingerprint density at radius 1 is 0.741 bits per heavy atom. The number of rotatable bonds is 2. The third-order valence-electron chi connectivity index (χ3n) is 5.17. The molecule has 5 rings (SSSR count). The van der Waals surface area contributed by atoms with Crippen LogP contribution < -0.4 is 9.80 Å². The molecule has 2 amide bonds. The second kappa shape index (κ2) is 5.96. The van der Waals surface area contributed by atoms with Crippen molar-refractivity contribution in [2.45, 2.75) is 13.1 Å². The molecule has 5 heteroatoms. The van der Waals surface area contributed by atoms with Gasteiger partial charge in [-0.1, -0.05) is 48.0 Å². The smallest absolute Gasteiger partial charge is 0.266 e. The zero-order valence-electron chi connectivity index (χ0n) is 14.4. The van der Waals surface area contributed by atoms with Gasteiger partial charge < -0.3 is 4.90 Å². The van der Waals surface area contributed by atoms with Crippen LogP contribution in [0.2, 0.25) is 5.02 Å². The Hall–Kier alpha value is -3.11. The summed E-state index contributed by atoms with van der Waals surface area (Å²) in [5, 5.41) is 0.377. The van der Waals surface area contributed by atoms with Crippen molar-refractivity contribution < 1.29 is 9.59 Å². The van der Waals surface area contributed by atoms with Crippen LogP contribution in [-0.4, -0.2) is 11.8 Å². The molecule has 0 unspecified atom stereocenters. The second-order valence-corrected chi connectivity index (χ2v) is 7.16. The van der Waals surface area contributed by atoms with Gasteiger partial charge >= 0.3 is 0 Å². The lowest BCUT2D eigenvalue weighted by Crippen LogP contribution is -2.29. The number of anilines is 2. The number of hydrogen-bond donors (Lipinski definition) is 0. The first-order valence-electron chi connectivity index (χ1n) is 8.72. The molecule has 4 nitrogen and oxygen atoms in total. The molecule has 0 radical (unpaired) electrons. The van der Waals surface area contributed by atoms with Crippen LogP contribution in [0.15, 0.2) is 66.7 Å². The molecule has 0 fully saturated rings. The minimum atomic E-state index is -0.334. The van der Waals surface area contributed by atoms with E-state index in [9.17, 15) is 9.59 Å². The van der Waals surface area contributed by atoms with E-state index < -0.39 is 0 Å². The van der Waals surface area contributed by atoms with Gasteiger partial charge in [0.05, 0.1) is 21.8 Å². The van der Waals surface area contributed by atoms with Crippen LogP contribution in [0.4, 0.5) is 11.4 Å². The standard InChI is InChI=1S/C22H15ClN2O2/c23-19-7-3-4-8-20(19)25-21(26)17-10-9-16(11-18(17)22(25)27)24-12-14-5-1-2-6-15(14)13-24/h1-11H,12-13H2. The van der Waals surface area contributed by atoms with E-state index >= 15 is 0 Å². The summed E-state index contributed by atoms with van der Waals surface area (Å²) < 4.78 is 0. The maximum absolute atomic E-state index is 13.0. The van der Waals surface area contributed by atoms with Gasteiger partial charge in [0.2, 0.25) is 0 Å². The van der Waals surface area contributed by atoms with Gasteiger partial charge in [0, 0.05) is 18.8 Å². The average Bonchev–Trinajstić information content (AvgIpc) is 3.22. The van der Waals surface area contributed by atoms with Gasteiger partial charge in [0.15, 0.2) is 0 Å². The zero-order chi connectivity index (χ0) is 18.5. The maximum atomic E-state index is 13.0. The lowest BCUT2D eigenvalue weighted by atomic mass is 10.1. The van der Waals surface area contributed by atoms with Crippen molar-refractivity contribution in [1.82, 2.24) is 0 Å². The first-order chi connectivity index (χ1) is 13.1. The van der Waals surface area contributed by atoms with Crippen LogP contribution in [0.3, 0.4) is 0 Å². The molecular formula is C22H15ClN2O2. The average molecular weight is 375 g/mol. The number of fused-ring (bicyclic) bond motifs is 2. The summed E-state index contributed by atoms with van der Waals surface area (Å²) >= 11 is 6.21. The van der Waals surface area contributed by atoms with Gasteiger partial charge in [0.25, 0.3) is 11.8 Å². The third-order valence-corrected chi connectivity index (χ3v) is 5.49. The number of carbonyl (C=O) groups is 2. The number of hydrogen-bond acceptors (Lipinski definition) is 3. The summed E-state index contributed by atoms with van der Waals surface area (Å²) in [5.74, 6) is -0.666. The van der Waals surface area contributed by atoms with Crippen molar-refractivity contribution in [3.05, 3.63) is 94.0 Å². The third kappa shape index (κ3) is 2.45. The van der Waals surface area contributed by atoms with E-state index in [0.717, 1.165) is 23.7 Å². The number of nitrogens with zero attached hydrogens (tertiary/aromatic N) is 2. The van der Waals surface area contributed by atoms with E-state index in [1.165, 1.54) is 11.1 Å². The number of amides is 2. The van der Waals surface area contributed by atoms with Gasteiger partial charge in [-0.15, -0.1) is 0 Å². The monoisotopic (exact) mass is 374 g/mol. The molecule has 0 N–H and O–H groups in total. The predicted molar refractivity (Wildman–Crippen MR) is 105 cm³/mol. The van der Waals surface area contributed by atoms with Gasteiger partial charge in [-0.2, -0.15) is 0 Å². The second-order valence-electron chi connectivity index (χ2n) is 6.75. The zero-order valence-corrected chi connectivity index (χ0v) is 15.1. The molecule has 0 saturated carbocycles. The van der Waals surface area contributed by atoms with Crippen molar-refractivity contribution >= 4 is 34.8 Å². The fourth-order valence-electron chi connectivity index (χ4n) is 3.79. The van der Waals surface area contributed by atoms with Crippen LogP contribution in [-0.2, 0) is 13.1 Å². The van der Waals surface area contributed by atoms with Crippen LogP contribution in [0, 0.1) is 0 Å². The van der Waals surface area contributed by atoms with Crippen LogP contribution in [0.25, 0.3) is 0 Å². The highest BCUT2D eigenvalue weighted by atomic mass is 35.5. The van der Waals surface area contributed by atoms with E-state index in [0.29, 0.717) is 21.8 Å². The fourth-order valence-corrected chi connectivity index (χ4v) is 4.01. The molecule has 27 heavy (non-hydrogen) atoms. The number of benzene rings is 3. The number of imide groups is 1. The Labute approximate surface area is 161 Å². The molecule has 2 aliphatic rings. The highest BCUT2D eigenvalue weighted by molar-refractivity contribution is 6.39. The van der Waals surface area contributed by atoms with E-state index in [-0.39, 0.29) is 11.8 Å². The number of para-hydroxylation sites is 1. The normalized spacial score (nSPS) is 15.3. The van der Waals surface area contributed by atoms with E-state index in [1.54, 1.807) is 30.3 Å². The molecule has 0 saturated heterocycles. The van der Waals surface area contributed by atoms with Gasteiger partial charge in [-0.05, 0) is 41.5 Å². The number of carbonyl (C=O) groups excluding carboxylic acids is 2. The van der Waals surface area contributed by atoms with E-state index in [1.807, 2.05) is 24.3 Å². The molecule has 3 aromatic carbocycles. The molecule has 0 bridgehead atoms. The summed E-state index contributed by atoms with van der Waals surface area (Å²) in [6.45, 7) is 1.59. The van der Waals surface area contributed by atoms with Crippen molar-refractivity contribution in [3.63, 3.8) is 0 Å². The maximum Gasteiger partial charge on any atom is 0.266 e. The molecule has 0 spiro atoms. The highest BCUT2D eigenvalue weighted by Crippen LogP contribution is 2.36. The Balaban J connectivity index is 1.51. The summed E-state index contributed by atoms with van der Waals surface area (Å²) in [4.78, 5) is 29.1. The molecule has 0 atom stereocenters. The Morgan fingerprint density at radius 2 is 1.37 bits per heavy atom. The highest BCUT2D eigenvalue weighted by Gasteiger charge is 2.38. The predicted octanol–water partition coefficient (Wildman–Crippen LogP) is 4.66. The Kier molecular flexibility index (Phi) is 3.55. The summed E-state index contributed by atoms with van der Waals surface area (Å²) in [5.41, 5.74) is 4.78. The van der Waals surface area contributed by atoms with E-state index in [4.69, 9.17) is 11.6 Å². The molecular weight excluding hydrogens is 360 g/mol. The summed E-state index contributed by atoms with van der Waals surface area (Å²) in [6.07, 6.45) is 0. The minimum Gasteiger partial charge on any atom is -0.363 e. The minimum absolute atomic E-state index is 0.332. The summed E-state index contributed by atoms with van der Waals surface area (Å²) in [7, 11) is 0. The number of halogens is 1. The van der Waals surface area contributed by atoms with Crippen LogP contribution in [0.5, 0.6) is 0 Å². The van der Waals surface area contributed by atoms with Crippen molar-refractivity contribution in [3.8, 4) is 0 Å². The Bertz CT molecular complexity index is 1080. The topological polar surface area (TPSA) is 40.6 Å². The molecule has 0 aromatic heterocycles. The first kappa shape index (κ1) is 16.1. The first-order valence-corrected chi connectivity index (χ1v) is 9.10. The summed E-state index contributed by atoms with van der Waals surface area (Å²) in [6, 6.07) is 20.7. The van der Waals surface area contributed by atoms with Crippen molar-refractivity contribution in [2.75, 3.05) is 9.80 Å². The quantitative estimate of drug-likeness (QED) is 0.612. The molecule has 0 aliphatic carbocycles. The Morgan fingerprint density at radius 3 is 2.07 bits per heavy atom. The van der Waals surface area contributed by atoms with Gasteiger partial charge in [-0.3, -0.25) is 9.59 Å². The molecule has 2 aliphatic heterocycles. The van der Waals surface area contributed by atoms with Gasteiger partial charge in [0.1, 0.15) is 0 Å². The molecule has 2 heterocycles. The van der Waals surface area contributed by atoms with Crippen LogP contribution >= 0.6 is 11.6 Å². The molecule has 3 aromatic rings. The SMILES string of the molecule is O=C1c2ccc(N3Cc4ccccc4C3)cc2C(=O)N1c1ccccc1Cl. The lowest BCUT2D eigenvalue weighted by molar-refractivity contribution is 0.0926. The van der Waals surface area contributed by atoms with Gasteiger partial charge in [-0.25, -0.2) is 4.90 Å². The van der Waals surface area contributed by atoms with Crippen molar-refractivity contribution in [2.24, 2.45) is 0 Å². The lowest BCUT2D eigenvalue weighted by Gasteiger charge is -2.18. The van der Waals surface area contributed by atoms with Crippen molar-refractivity contribution in [1.29, 1.82) is 0 Å². The molecule has 132 valence electrons.